The summed E-state index contributed by atoms with van der Waals surface area (Å²) in [6, 6.07) is 4.40. The second-order valence-electron chi connectivity index (χ2n) is 2.64. The average Bonchev–Trinajstić information content (AvgIpc) is 2.27. The molecule has 0 saturated heterocycles. The Morgan fingerprint density at radius 2 is 2.13 bits per heavy atom. The molecule has 0 aliphatic rings. The highest BCUT2D eigenvalue weighted by molar-refractivity contribution is 5.96. The minimum Gasteiger partial charge on any atom is -0.507 e. The van der Waals surface area contributed by atoms with Crippen molar-refractivity contribution in [1.82, 2.24) is 0 Å². The van der Waals surface area contributed by atoms with Crippen LogP contribution in [-0.4, -0.2) is 25.3 Å². The predicted octanol–water partition coefficient (Wildman–Crippen LogP) is 1.06. The first-order valence-electron chi connectivity index (χ1n) is 4.04. The zero-order valence-corrected chi connectivity index (χ0v) is 8.27. The molecule has 0 radical (unpaired) electrons. The van der Waals surface area contributed by atoms with Gasteiger partial charge in [0.25, 0.3) is 0 Å². The van der Waals surface area contributed by atoms with Gasteiger partial charge in [-0.3, -0.25) is 0 Å². The summed E-state index contributed by atoms with van der Waals surface area (Å²) in [6.07, 6.45) is 0. The van der Waals surface area contributed by atoms with Crippen molar-refractivity contribution in [1.29, 1.82) is 5.26 Å². The van der Waals surface area contributed by atoms with Crippen LogP contribution in [0.4, 0.5) is 0 Å². The maximum absolute atomic E-state index is 11.4. The Balaban J connectivity index is 3.49. The van der Waals surface area contributed by atoms with Crippen LogP contribution in [-0.2, 0) is 4.74 Å². The van der Waals surface area contributed by atoms with E-state index in [1.54, 1.807) is 6.07 Å². The lowest BCUT2D eigenvalue weighted by Gasteiger charge is -2.08. The minimum absolute atomic E-state index is 0.0671. The molecule has 0 heterocycles. The zero-order valence-electron chi connectivity index (χ0n) is 8.27. The number of carbonyl (C=O) groups excluding carboxylic acids is 1. The molecule has 0 bridgehead atoms. The lowest BCUT2D eigenvalue weighted by Crippen LogP contribution is -2.07. The van der Waals surface area contributed by atoms with E-state index in [0.29, 0.717) is 0 Å². The van der Waals surface area contributed by atoms with Crippen molar-refractivity contribution in [2.45, 2.75) is 0 Å². The molecule has 1 aromatic rings. The van der Waals surface area contributed by atoms with Gasteiger partial charge >= 0.3 is 5.97 Å². The van der Waals surface area contributed by atoms with Crippen LogP contribution in [0.5, 0.6) is 11.5 Å². The molecule has 0 spiro atoms. The molecule has 0 unspecified atom stereocenters. The van der Waals surface area contributed by atoms with Gasteiger partial charge in [0, 0.05) is 0 Å². The van der Waals surface area contributed by atoms with E-state index in [4.69, 9.17) is 10.00 Å². The lowest BCUT2D eigenvalue weighted by molar-refractivity contribution is 0.0596. The summed E-state index contributed by atoms with van der Waals surface area (Å²) in [6.45, 7) is 0. The van der Waals surface area contributed by atoms with E-state index < -0.39 is 5.97 Å². The second-order valence-corrected chi connectivity index (χ2v) is 2.64. The van der Waals surface area contributed by atoms with Gasteiger partial charge in [0.2, 0.25) is 0 Å². The molecule has 0 atom stereocenters. The van der Waals surface area contributed by atoms with Crippen molar-refractivity contribution in [3.8, 4) is 17.6 Å². The first kappa shape index (κ1) is 10.9. The molecule has 1 aromatic carbocycles. The van der Waals surface area contributed by atoms with Gasteiger partial charge in [0.05, 0.1) is 14.2 Å². The summed E-state index contributed by atoms with van der Waals surface area (Å²) < 4.78 is 9.40. The number of phenolic OH excluding ortho intramolecular Hbond substituents is 1. The largest absolute Gasteiger partial charge is 0.507 e. The third-order valence-electron chi connectivity index (χ3n) is 1.87. The lowest BCUT2D eigenvalue weighted by atomic mass is 10.1. The van der Waals surface area contributed by atoms with E-state index in [-0.39, 0.29) is 22.6 Å². The van der Waals surface area contributed by atoms with Gasteiger partial charge in [0.1, 0.15) is 28.7 Å². The number of nitrogens with zero attached hydrogens (tertiary/aromatic N) is 1. The second kappa shape index (κ2) is 4.33. The highest BCUT2D eigenvalue weighted by Crippen LogP contribution is 2.29. The maximum Gasteiger partial charge on any atom is 0.343 e. The van der Waals surface area contributed by atoms with Crippen molar-refractivity contribution in [3.63, 3.8) is 0 Å². The van der Waals surface area contributed by atoms with Crippen LogP contribution in [0.3, 0.4) is 0 Å². The molecule has 0 amide bonds. The van der Waals surface area contributed by atoms with E-state index in [0.717, 1.165) is 0 Å². The number of ether oxygens (including phenoxy) is 2. The Morgan fingerprint density at radius 3 is 2.60 bits per heavy atom. The number of carbonyl (C=O) groups is 1. The summed E-state index contributed by atoms with van der Waals surface area (Å²) in [5.74, 6) is -0.811. The van der Waals surface area contributed by atoms with Crippen molar-refractivity contribution >= 4 is 5.97 Å². The molecule has 0 aromatic heterocycles. The summed E-state index contributed by atoms with van der Waals surface area (Å²) in [5.41, 5.74) is -0.219. The molecule has 78 valence electrons. The molecule has 0 aliphatic heterocycles. The first-order chi connectivity index (χ1) is 7.15. The van der Waals surface area contributed by atoms with Crippen LogP contribution in [0.1, 0.15) is 15.9 Å². The highest BCUT2D eigenvalue weighted by Gasteiger charge is 2.20. The SMILES string of the molecule is COC(=O)c1c(OC)ccc(O)c1C#N. The van der Waals surface area contributed by atoms with Crippen molar-refractivity contribution < 1.29 is 19.4 Å². The fourth-order valence-corrected chi connectivity index (χ4v) is 1.16. The molecule has 0 fully saturated rings. The van der Waals surface area contributed by atoms with E-state index in [2.05, 4.69) is 4.74 Å². The Labute approximate surface area is 86.5 Å². The number of rotatable bonds is 2. The summed E-state index contributed by atoms with van der Waals surface area (Å²) >= 11 is 0. The Bertz CT molecular complexity index is 434. The zero-order chi connectivity index (χ0) is 11.4. The van der Waals surface area contributed by atoms with Crippen molar-refractivity contribution in [3.05, 3.63) is 23.3 Å². The van der Waals surface area contributed by atoms with Crippen LogP contribution in [0.25, 0.3) is 0 Å². The fourth-order valence-electron chi connectivity index (χ4n) is 1.16. The molecule has 1 rings (SSSR count). The molecule has 1 N–H and O–H groups in total. The number of hydrogen-bond donors (Lipinski definition) is 1. The minimum atomic E-state index is -0.723. The van der Waals surface area contributed by atoms with Crippen molar-refractivity contribution in [2.24, 2.45) is 0 Å². The molecule has 0 saturated carbocycles. The van der Waals surface area contributed by atoms with Gasteiger partial charge in [-0.25, -0.2) is 4.79 Å². The van der Waals surface area contributed by atoms with Gasteiger partial charge in [-0.15, -0.1) is 0 Å². The van der Waals surface area contributed by atoms with E-state index >= 15 is 0 Å². The van der Waals surface area contributed by atoms with Crippen LogP contribution < -0.4 is 4.74 Å². The number of phenols is 1. The molecular weight excluding hydrogens is 198 g/mol. The summed E-state index contributed by atoms with van der Waals surface area (Å²) in [4.78, 5) is 11.4. The molecular formula is C10H9NO4. The van der Waals surface area contributed by atoms with E-state index in [1.165, 1.54) is 26.4 Å². The molecule has 5 heteroatoms. The smallest absolute Gasteiger partial charge is 0.343 e. The average molecular weight is 207 g/mol. The van der Waals surface area contributed by atoms with Gasteiger partial charge in [-0.2, -0.15) is 5.26 Å². The molecule has 0 aliphatic carbocycles. The standard InChI is InChI=1S/C10H9NO4/c1-14-8-4-3-7(12)6(5-11)9(8)10(13)15-2/h3-4,12H,1-2H3. The first-order valence-corrected chi connectivity index (χ1v) is 4.04. The van der Waals surface area contributed by atoms with Crippen LogP contribution >= 0.6 is 0 Å². The number of aromatic hydroxyl groups is 1. The van der Waals surface area contributed by atoms with Crippen LogP contribution in [0.15, 0.2) is 12.1 Å². The maximum atomic E-state index is 11.4. The predicted molar refractivity (Wildman–Crippen MR) is 50.7 cm³/mol. The molecule has 15 heavy (non-hydrogen) atoms. The summed E-state index contributed by atoms with van der Waals surface area (Å²) in [5, 5.41) is 18.2. The number of methoxy groups -OCH3 is 2. The van der Waals surface area contributed by atoms with E-state index in [1.807, 2.05) is 0 Å². The van der Waals surface area contributed by atoms with Gasteiger partial charge < -0.3 is 14.6 Å². The Morgan fingerprint density at radius 1 is 1.47 bits per heavy atom. The van der Waals surface area contributed by atoms with Gasteiger partial charge in [-0.1, -0.05) is 0 Å². The van der Waals surface area contributed by atoms with E-state index in [9.17, 15) is 9.90 Å². The highest BCUT2D eigenvalue weighted by atomic mass is 16.5. The summed E-state index contributed by atoms with van der Waals surface area (Å²) in [7, 11) is 2.55. The van der Waals surface area contributed by atoms with Crippen LogP contribution in [0.2, 0.25) is 0 Å². The number of hydrogen-bond acceptors (Lipinski definition) is 5. The van der Waals surface area contributed by atoms with Gasteiger partial charge in [0.15, 0.2) is 0 Å². The van der Waals surface area contributed by atoms with Gasteiger partial charge in [-0.05, 0) is 12.1 Å². The fraction of sp³-hybridized carbons (Fsp3) is 0.200. The number of benzene rings is 1. The topological polar surface area (TPSA) is 79.6 Å². The van der Waals surface area contributed by atoms with Crippen molar-refractivity contribution in [2.75, 3.05) is 14.2 Å². The number of esters is 1. The monoisotopic (exact) mass is 207 g/mol. The molecule has 5 nitrogen and oxygen atoms in total. The van der Waals surface area contributed by atoms with Crippen LogP contribution in [0, 0.1) is 11.3 Å². The quantitative estimate of drug-likeness (QED) is 0.733. The third-order valence-corrected chi connectivity index (χ3v) is 1.87. The number of nitriles is 1. The Hall–Kier alpha value is -2.22. The Kier molecular flexibility index (Phi) is 3.13. The normalized spacial score (nSPS) is 9.13. The third kappa shape index (κ3) is 1.83.